The Kier molecular flexibility index (Phi) is 3.81. The number of pyridine rings is 1. The summed E-state index contributed by atoms with van der Waals surface area (Å²) >= 11 is 0. The molecule has 1 aromatic heterocycles. The van der Waals surface area contributed by atoms with Crippen LogP contribution in [0.3, 0.4) is 0 Å². The van der Waals surface area contributed by atoms with Crippen LogP contribution in [0, 0.1) is 5.41 Å². The van der Waals surface area contributed by atoms with E-state index in [0.29, 0.717) is 16.8 Å². The highest BCUT2D eigenvalue weighted by atomic mass is 16.1. The van der Waals surface area contributed by atoms with Crippen LogP contribution in [0.5, 0.6) is 0 Å². The Morgan fingerprint density at radius 2 is 2.28 bits per heavy atom. The Hall–Kier alpha value is -1.62. The SMILES string of the molecule is CCCC1(CNC(=O)c2ccc(NN)nc2)CC1. The Bertz CT molecular complexity index is 412. The van der Waals surface area contributed by atoms with Crippen molar-refractivity contribution in [2.24, 2.45) is 11.3 Å². The zero-order valence-electron chi connectivity index (χ0n) is 10.7. The number of amides is 1. The van der Waals surface area contributed by atoms with E-state index in [4.69, 9.17) is 5.84 Å². The molecule has 1 fully saturated rings. The van der Waals surface area contributed by atoms with Gasteiger partial charge in [0.2, 0.25) is 0 Å². The van der Waals surface area contributed by atoms with Gasteiger partial charge in [-0.05, 0) is 36.8 Å². The molecule has 5 nitrogen and oxygen atoms in total. The van der Waals surface area contributed by atoms with E-state index in [1.54, 1.807) is 12.1 Å². The first-order valence-corrected chi connectivity index (χ1v) is 6.40. The van der Waals surface area contributed by atoms with E-state index in [1.165, 1.54) is 31.9 Å². The molecule has 0 bridgehead atoms. The van der Waals surface area contributed by atoms with E-state index < -0.39 is 0 Å². The van der Waals surface area contributed by atoms with Crippen molar-refractivity contribution in [3.8, 4) is 0 Å². The van der Waals surface area contributed by atoms with Crippen LogP contribution < -0.4 is 16.6 Å². The Labute approximate surface area is 107 Å². The third kappa shape index (κ3) is 2.98. The highest BCUT2D eigenvalue weighted by Crippen LogP contribution is 2.48. The highest BCUT2D eigenvalue weighted by molar-refractivity contribution is 5.94. The third-order valence-electron chi connectivity index (χ3n) is 3.53. The predicted molar refractivity (Wildman–Crippen MR) is 71.0 cm³/mol. The number of hydrazine groups is 1. The van der Waals surface area contributed by atoms with E-state index in [9.17, 15) is 4.79 Å². The molecule has 98 valence electrons. The van der Waals surface area contributed by atoms with Crippen molar-refractivity contribution in [2.75, 3.05) is 12.0 Å². The number of nitrogens with zero attached hydrogens (tertiary/aromatic N) is 1. The third-order valence-corrected chi connectivity index (χ3v) is 3.53. The molecule has 1 heterocycles. The average Bonchev–Trinajstić information content (AvgIpc) is 3.17. The van der Waals surface area contributed by atoms with Gasteiger partial charge < -0.3 is 10.7 Å². The van der Waals surface area contributed by atoms with E-state index in [0.717, 1.165) is 6.54 Å². The molecule has 4 N–H and O–H groups in total. The van der Waals surface area contributed by atoms with Crippen LogP contribution in [-0.4, -0.2) is 17.4 Å². The van der Waals surface area contributed by atoms with Gasteiger partial charge in [0.1, 0.15) is 5.82 Å². The minimum atomic E-state index is -0.0616. The molecule has 5 heteroatoms. The summed E-state index contributed by atoms with van der Waals surface area (Å²) in [5.41, 5.74) is 3.38. The van der Waals surface area contributed by atoms with Gasteiger partial charge in [-0.2, -0.15) is 0 Å². The Morgan fingerprint density at radius 3 is 2.78 bits per heavy atom. The summed E-state index contributed by atoms with van der Waals surface area (Å²) in [5.74, 6) is 5.71. The first-order chi connectivity index (χ1) is 8.69. The average molecular weight is 248 g/mol. The molecule has 0 saturated heterocycles. The van der Waals surface area contributed by atoms with E-state index in [2.05, 4.69) is 22.7 Å². The molecule has 1 amide bonds. The lowest BCUT2D eigenvalue weighted by molar-refractivity contribution is 0.0943. The normalized spacial score (nSPS) is 16.1. The topological polar surface area (TPSA) is 80.0 Å². The predicted octanol–water partition coefficient (Wildman–Crippen LogP) is 1.68. The number of anilines is 1. The number of hydrogen-bond donors (Lipinski definition) is 3. The number of carbonyl (C=O) groups is 1. The van der Waals surface area contributed by atoms with Crippen LogP contribution in [-0.2, 0) is 0 Å². The highest BCUT2D eigenvalue weighted by Gasteiger charge is 2.41. The number of nitrogens with two attached hydrogens (primary N) is 1. The number of hydrogen-bond acceptors (Lipinski definition) is 4. The summed E-state index contributed by atoms with van der Waals surface area (Å²) < 4.78 is 0. The van der Waals surface area contributed by atoms with Crippen LogP contribution >= 0.6 is 0 Å². The molecule has 0 unspecified atom stereocenters. The second-order valence-corrected chi connectivity index (χ2v) is 5.01. The van der Waals surface area contributed by atoms with Crippen molar-refractivity contribution in [3.05, 3.63) is 23.9 Å². The summed E-state index contributed by atoms with van der Waals surface area (Å²) in [5, 5.41) is 2.99. The van der Waals surface area contributed by atoms with Gasteiger partial charge in [-0.25, -0.2) is 10.8 Å². The minimum Gasteiger partial charge on any atom is -0.351 e. The molecule has 2 rings (SSSR count). The number of nitrogen functional groups attached to an aromatic ring is 1. The number of carbonyl (C=O) groups excluding carboxylic acids is 1. The number of aromatic nitrogens is 1. The first-order valence-electron chi connectivity index (χ1n) is 6.40. The summed E-state index contributed by atoms with van der Waals surface area (Å²) in [6.07, 6.45) is 6.37. The summed E-state index contributed by atoms with van der Waals surface area (Å²) in [6.45, 7) is 2.96. The molecule has 1 aromatic rings. The molecule has 0 aliphatic heterocycles. The maximum Gasteiger partial charge on any atom is 0.252 e. The number of nitrogens with one attached hydrogen (secondary N) is 2. The fraction of sp³-hybridized carbons (Fsp3) is 0.538. The van der Waals surface area contributed by atoms with E-state index in [1.807, 2.05) is 0 Å². The zero-order chi connectivity index (χ0) is 13.0. The summed E-state index contributed by atoms with van der Waals surface area (Å²) in [4.78, 5) is 15.9. The zero-order valence-corrected chi connectivity index (χ0v) is 10.7. The second kappa shape index (κ2) is 5.35. The molecule has 0 spiro atoms. The van der Waals surface area contributed by atoms with Crippen molar-refractivity contribution in [2.45, 2.75) is 32.6 Å². The van der Waals surface area contributed by atoms with Gasteiger partial charge in [-0.1, -0.05) is 13.3 Å². The molecule has 0 aromatic carbocycles. The van der Waals surface area contributed by atoms with Gasteiger partial charge in [0.25, 0.3) is 5.91 Å². The number of rotatable bonds is 6. The van der Waals surface area contributed by atoms with Crippen LogP contribution in [0.15, 0.2) is 18.3 Å². The van der Waals surface area contributed by atoms with E-state index in [-0.39, 0.29) is 5.91 Å². The van der Waals surface area contributed by atoms with Crippen molar-refractivity contribution in [1.29, 1.82) is 0 Å². The largest absolute Gasteiger partial charge is 0.351 e. The molecular formula is C13H20N4O. The van der Waals surface area contributed by atoms with Gasteiger partial charge in [0.05, 0.1) is 5.56 Å². The van der Waals surface area contributed by atoms with Gasteiger partial charge in [-0.15, -0.1) is 0 Å². The first kappa shape index (κ1) is 12.8. The minimum absolute atomic E-state index is 0.0616. The van der Waals surface area contributed by atoms with Crippen molar-refractivity contribution >= 4 is 11.7 Å². The lowest BCUT2D eigenvalue weighted by Gasteiger charge is -2.14. The van der Waals surface area contributed by atoms with E-state index >= 15 is 0 Å². The molecule has 0 atom stereocenters. The van der Waals surface area contributed by atoms with Gasteiger partial charge in [-0.3, -0.25) is 4.79 Å². The fourth-order valence-corrected chi connectivity index (χ4v) is 2.21. The standard InChI is InChI=1S/C13H20N4O/c1-2-5-13(6-7-13)9-16-12(18)10-3-4-11(17-14)15-8-10/h3-4,8H,2,5-7,9,14H2,1H3,(H,15,17)(H,16,18). The molecule has 1 aliphatic rings. The fourth-order valence-electron chi connectivity index (χ4n) is 2.21. The van der Waals surface area contributed by atoms with Crippen molar-refractivity contribution < 1.29 is 4.79 Å². The molecule has 18 heavy (non-hydrogen) atoms. The van der Waals surface area contributed by atoms with Crippen LogP contribution in [0.4, 0.5) is 5.82 Å². The smallest absolute Gasteiger partial charge is 0.252 e. The molecule has 1 saturated carbocycles. The lowest BCUT2D eigenvalue weighted by Crippen LogP contribution is -2.30. The molecular weight excluding hydrogens is 228 g/mol. The monoisotopic (exact) mass is 248 g/mol. The maximum absolute atomic E-state index is 11.9. The Morgan fingerprint density at radius 1 is 1.50 bits per heavy atom. The second-order valence-electron chi connectivity index (χ2n) is 5.01. The van der Waals surface area contributed by atoms with Gasteiger partial charge >= 0.3 is 0 Å². The van der Waals surface area contributed by atoms with Gasteiger partial charge in [0.15, 0.2) is 0 Å². The van der Waals surface area contributed by atoms with Gasteiger partial charge in [0, 0.05) is 12.7 Å². The van der Waals surface area contributed by atoms with Crippen LogP contribution in [0.1, 0.15) is 43.0 Å². The Balaban J connectivity index is 1.87. The maximum atomic E-state index is 11.9. The van der Waals surface area contributed by atoms with Crippen LogP contribution in [0.25, 0.3) is 0 Å². The summed E-state index contributed by atoms with van der Waals surface area (Å²) in [7, 11) is 0. The summed E-state index contributed by atoms with van der Waals surface area (Å²) in [6, 6.07) is 3.41. The van der Waals surface area contributed by atoms with Crippen molar-refractivity contribution in [1.82, 2.24) is 10.3 Å². The van der Waals surface area contributed by atoms with Crippen molar-refractivity contribution in [3.63, 3.8) is 0 Å². The quantitative estimate of drug-likeness (QED) is 0.528. The lowest BCUT2D eigenvalue weighted by atomic mass is 10.0. The van der Waals surface area contributed by atoms with Crippen LogP contribution in [0.2, 0.25) is 0 Å². The molecule has 1 aliphatic carbocycles. The molecule has 0 radical (unpaired) electrons.